The van der Waals surface area contributed by atoms with Crippen LogP contribution in [0.5, 0.6) is 0 Å². The Balaban J connectivity index is 2.59. The van der Waals surface area contributed by atoms with Crippen molar-refractivity contribution in [1.82, 2.24) is 0 Å². The fourth-order valence-electron chi connectivity index (χ4n) is 1.21. The number of rotatable bonds is 7. The van der Waals surface area contributed by atoms with E-state index in [9.17, 15) is 9.59 Å². The summed E-state index contributed by atoms with van der Waals surface area (Å²) in [6.45, 7) is 0.170. The van der Waals surface area contributed by atoms with E-state index in [-0.39, 0.29) is 12.4 Å². The van der Waals surface area contributed by atoms with Crippen LogP contribution in [-0.2, 0) is 4.79 Å². The number of hydrogen-bond acceptors (Lipinski definition) is 4. The van der Waals surface area contributed by atoms with E-state index < -0.39 is 5.97 Å². The number of thioether (sulfide) groups is 1. The molecule has 5 heteroatoms. The first-order chi connectivity index (χ1) is 8.63. The molecule has 0 heterocycles. The summed E-state index contributed by atoms with van der Waals surface area (Å²) in [6, 6.07) is 6.94. The van der Waals surface area contributed by atoms with Crippen molar-refractivity contribution in [2.24, 2.45) is 0 Å². The Kier molecular flexibility index (Phi) is 6.18. The molecule has 0 aliphatic rings. The first-order valence-electron chi connectivity index (χ1n) is 5.42. The van der Waals surface area contributed by atoms with Crippen molar-refractivity contribution in [1.29, 1.82) is 0 Å². The molecule has 1 rings (SSSR count). The highest BCUT2D eigenvalue weighted by atomic mass is 32.2. The fourth-order valence-corrected chi connectivity index (χ4v) is 2.05. The van der Waals surface area contributed by atoms with Gasteiger partial charge in [-0.1, -0.05) is 0 Å². The van der Waals surface area contributed by atoms with E-state index >= 15 is 0 Å². The van der Waals surface area contributed by atoms with Crippen molar-refractivity contribution in [2.45, 2.75) is 11.3 Å². The summed E-state index contributed by atoms with van der Waals surface area (Å²) in [7, 11) is 0. The molecule has 2 N–H and O–H groups in total. The molecular formula is C13H14O4S. The first kappa shape index (κ1) is 14.5. The number of hydrogen-bond donors (Lipinski definition) is 2. The first-order valence-corrected chi connectivity index (χ1v) is 6.41. The van der Waals surface area contributed by atoms with Gasteiger partial charge in [0, 0.05) is 28.9 Å². The maximum absolute atomic E-state index is 11.5. The van der Waals surface area contributed by atoms with Crippen LogP contribution in [0.2, 0.25) is 0 Å². The lowest BCUT2D eigenvalue weighted by atomic mass is 10.1. The highest BCUT2D eigenvalue weighted by molar-refractivity contribution is 7.99. The zero-order chi connectivity index (χ0) is 13.4. The van der Waals surface area contributed by atoms with Crippen LogP contribution < -0.4 is 0 Å². The van der Waals surface area contributed by atoms with Gasteiger partial charge in [-0.15, -0.1) is 11.8 Å². The zero-order valence-electron chi connectivity index (χ0n) is 9.70. The number of benzene rings is 1. The molecular weight excluding hydrogens is 252 g/mol. The molecule has 0 saturated heterocycles. The summed E-state index contributed by atoms with van der Waals surface area (Å²) >= 11 is 1.60. The third-order valence-corrected chi connectivity index (χ3v) is 3.19. The summed E-state index contributed by atoms with van der Waals surface area (Å²) in [6.07, 6.45) is 2.59. The second-order valence-corrected chi connectivity index (χ2v) is 4.65. The van der Waals surface area contributed by atoms with Gasteiger partial charge in [-0.05, 0) is 36.8 Å². The van der Waals surface area contributed by atoms with Crippen molar-refractivity contribution in [3.63, 3.8) is 0 Å². The molecule has 0 fully saturated rings. The van der Waals surface area contributed by atoms with Crippen LogP contribution in [0, 0.1) is 0 Å². The van der Waals surface area contributed by atoms with E-state index in [2.05, 4.69) is 0 Å². The van der Waals surface area contributed by atoms with Crippen molar-refractivity contribution in [2.75, 3.05) is 12.4 Å². The number of allylic oxidation sites excluding steroid dienone is 1. The van der Waals surface area contributed by atoms with E-state index in [0.29, 0.717) is 5.56 Å². The molecule has 0 aliphatic carbocycles. The Morgan fingerprint density at radius 3 is 2.39 bits per heavy atom. The smallest absolute Gasteiger partial charge is 0.328 e. The molecule has 0 aromatic heterocycles. The normalized spacial score (nSPS) is 10.7. The van der Waals surface area contributed by atoms with E-state index in [1.165, 1.54) is 0 Å². The van der Waals surface area contributed by atoms with Gasteiger partial charge in [0.15, 0.2) is 5.78 Å². The van der Waals surface area contributed by atoms with Crippen LogP contribution in [0.1, 0.15) is 16.8 Å². The SMILES string of the molecule is O=C(O)/C=C/C(=O)c1ccc(SCCCO)cc1. The van der Waals surface area contributed by atoms with Crippen molar-refractivity contribution >= 4 is 23.5 Å². The number of carboxylic acids is 1. The van der Waals surface area contributed by atoms with Crippen LogP contribution in [0.25, 0.3) is 0 Å². The van der Waals surface area contributed by atoms with Crippen molar-refractivity contribution in [3.05, 3.63) is 42.0 Å². The molecule has 0 amide bonds. The quantitative estimate of drug-likeness (QED) is 0.341. The molecule has 18 heavy (non-hydrogen) atoms. The monoisotopic (exact) mass is 266 g/mol. The highest BCUT2D eigenvalue weighted by Gasteiger charge is 2.02. The molecule has 0 bridgehead atoms. The summed E-state index contributed by atoms with van der Waals surface area (Å²) in [5, 5.41) is 17.1. The van der Waals surface area contributed by atoms with Crippen molar-refractivity contribution in [3.8, 4) is 0 Å². The third kappa shape index (κ3) is 5.16. The summed E-state index contributed by atoms with van der Waals surface area (Å²) < 4.78 is 0. The van der Waals surface area contributed by atoms with E-state index in [4.69, 9.17) is 10.2 Å². The van der Waals surface area contributed by atoms with Gasteiger partial charge in [0.1, 0.15) is 0 Å². The van der Waals surface area contributed by atoms with Gasteiger partial charge in [-0.25, -0.2) is 4.79 Å². The number of aliphatic hydroxyl groups excluding tert-OH is 1. The molecule has 0 aliphatic heterocycles. The van der Waals surface area contributed by atoms with Gasteiger partial charge in [-0.2, -0.15) is 0 Å². The largest absolute Gasteiger partial charge is 0.478 e. The second kappa shape index (κ2) is 7.68. The Morgan fingerprint density at radius 1 is 1.17 bits per heavy atom. The summed E-state index contributed by atoms with van der Waals surface area (Å²) in [5.41, 5.74) is 0.457. The van der Waals surface area contributed by atoms with Crippen LogP contribution in [-0.4, -0.2) is 34.3 Å². The molecule has 96 valence electrons. The van der Waals surface area contributed by atoms with E-state index in [1.807, 2.05) is 12.1 Å². The molecule has 0 atom stereocenters. The number of carbonyl (C=O) groups is 2. The molecule has 4 nitrogen and oxygen atoms in total. The lowest BCUT2D eigenvalue weighted by Crippen LogP contribution is -1.96. The van der Waals surface area contributed by atoms with Gasteiger partial charge in [0.25, 0.3) is 0 Å². The zero-order valence-corrected chi connectivity index (χ0v) is 10.5. The number of ketones is 1. The average Bonchev–Trinajstić information content (AvgIpc) is 2.37. The minimum absolute atomic E-state index is 0.170. The van der Waals surface area contributed by atoms with Crippen LogP contribution in [0.15, 0.2) is 41.3 Å². The molecule has 0 saturated carbocycles. The molecule has 0 radical (unpaired) electrons. The van der Waals surface area contributed by atoms with Crippen LogP contribution in [0.3, 0.4) is 0 Å². The predicted octanol–water partition coefficient (Wildman–Crippen LogP) is 1.98. The minimum Gasteiger partial charge on any atom is -0.478 e. The Morgan fingerprint density at radius 2 is 1.83 bits per heavy atom. The van der Waals surface area contributed by atoms with Crippen LogP contribution in [0.4, 0.5) is 0 Å². The maximum Gasteiger partial charge on any atom is 0.328 e. The van der Waals surface area contributed by atoms with Gasteiger partial charge >= 0.3 is 5.97 Å². The van der Waals surface area contributed by atoms with Gasteiger partial charge in [-0.3, -0.25) is 4.79 Å². The van der Waals surface area contributed by atoms with Gasteiger partial charge < -0.3 is 10.2 Å². The Labute approximate surface area is 109 Å². The topological polar surface area (TPSA) is 74.6 Å². The maximum atomic E-state index is 11.5. The molecule has 0 unspecified atom stereocenters. The van der Waals surface area contributed by atoms with E-state index in [1.54, 1.807) is 23.9 Å². The minimum atomic E-state index is -1.14. The number of aliphatic hydroxyl groups is 1. The Hall–Kier alpha value is -1.59. The summed E-state index contributed by atoms with van der Waals surface area (Å²) in [5.74, 6) is -0.647. The predicted molar refractivity (Wildman–Crippen MR) is 70.0 cm³/mol. The molecule has 0 spiro atoms. The lowest BCUT2D eigenvalue weighted by molar-refractivity contribution is -0.131. The van der Waals surface area contributed by atoms with Crippen molar-refractivity contribution < 1.29 is 19.8 Å². The molecule has 1 aromatic carbocycles. The van der Waals surface area contributed by atoms with E-state index in [0.717, 1.165) is 29.2 Å². The lowest BCUT2D eigenvalue weighted by Gasteiger charge is -2.01. The number of aliphatic carboxylic acids is 1. The fraction of sp³-hybridized carbons (Fsp3) is 0.231. The molecule has 1 aromatic rings. The second-order valence-electron chi connectivity index (χ2n) is 3.49. The number of carboxylic acid groups (broad SMARTS) is 1. The Bertz CT molecular complexity index is 437. The summed E-state index contributed by atoms with van der Waals surface area (Å²) in [4.78, 5) is 22.8. The number of carbonyl (C=O) groups excluding carboxylic acids is 1. The third-order valence-electron chi connectivity index (χ3n) is 2.09. The van der Waals surface area contributed by atoms with Gasteiger partial charge in [0.2, 0.25) is 0 Å². The van der Waals surface area contributed by atoms with Gasteiger partial charge in [0.05, 0.1) is 0 Å². The van der Waals surface area contributed by atoms with Crippen LogP contribution >= 0.6 is 11.8 Å². The average molecular weight is 266 g/mol. The highest BCUT2D eigenvalue weighted by Crippen LogP contribution is 2.19. The standard InChI is InChI=1S/C13H14O4S/c14-8-1-9-18-11-4-2-10(3-5-11)12(15)6-7-13(16)17/h2-7,14H,1,8-9H2,(H,16,17)/b7-6+.